The lowest BCUT2D eigenvalue weighted by Gasteiger charge is -2.22. The van der Waals surface area contributed by atoms with Gasteiger partial charge < -0.3 is 4.74 Å². The zero-order valence-corrected chi connectivity index (χ0v) is 17.0. The summed E-state index contributed by atoms with van der Waals surface area (Å²) in [5.41, 5.74) is -1.99. The highest BCUT2D eigenvalue weighted by Crippen LogP contribution is 2.40. The van der Waals surface area contributed by atoms with Crippen LogP contribution in [0.5, 0.6) is 5.75 Å². The van der Waals surface area contributed by atoms with Crippen LogP contribution in [0.1, 0.15) is 27.8 Å². The van der Waals surface area contributed by atoms with Crippen molar-refractivity contribution in [2.75, 3.05) is 0 Å². The summed E-state index contributed by atoms with van der Waals surface area (Å²) in [6.45, 7) is 4.40. The molecule has 0 atom stereocenters. The third kappa shape index (κ3) is 4.56. The quantitative estimate of drug-likeness (QED) is 0.361. The first-order valence-corrected chi connectivity index (χ1v) is 9.22. The Balaban J connectivity index is 2.00. The molecule has 0 aliphatic heterocycles. The molecule has 0 aliphatic carbocycles. The molecule has 0 amide bonds. The van der Waals surface area contributed by atoms with Gasteiger partial charge in [-0.1, -0.05) is 12.1 Å². The van der Waals surface area contributed by atoms with Crippen molar-refractivity contribution >= 4 is 0 Å². The molecule has 3 rings (SSSR count). The van der Waals surface area contributed by atoms with Crippen LogP contribution in [-0.4, -0.2) is 0 Å². The first-order valence-electron chi connectivity index (χ1n) is 9.22. The Morgan fingerprint density at radius 1 is 0.688 bits per heavy atom. The Labute approximate surface area is 178 Å². The maximum absolute atomic E-state index is 14.7. The fourth-order valence-electron chi connectivity index (χ4n) is 3.53. The Hall–Kier alpha value is -3.10. The highest BCUT2D eigenvalue weighted by molar-refractivity contribution is 5.70. The van der Waals surface area contributed by atoms with Gasteiger partial charge in [0.2, 0.25) is 0 Å². The smallest absolute Gasteiger partial charge is 0.429 e. The Morgan fingerprint density at radius 2 is 1.34 bits per heavy atom. The summed E-state index contributed by atoms with van der Waals surface area (Å²) in [5.74, 6) is -4.82. The molecule has 0 spiro atoms. The third-order valence-electron chi connectivity index (χ3n) is 4.79. The Morgan fingerprint density at radius 3 is 1.88 bits per heavy atom. The number of halogens is 8. The van der Waals surface area contributed by atoms with Gasteiger partial charge in [-0.25, -0.2) is 13.2 Å². The van der Waals surface area contributed by atoms with E-state index in [9.17, 15) is 35.1 Å². The van der Waals surface area contributed by atoms with E-state index in [0.29, 0.717) is 23.3 Å². The van der Waals surface area contributed by atoms with Crippen molar-refractivity contribution in [3.05, 3.63) is 87.7 Å². The molecule has 170 valence electrons. The van der Waals surface area contributed by atoms with Crippen molar-refractivity contribution in [1.29, 1.82) is 0 Å². The van der Waals surface area contributed by atoms with Gasteiger partial charge in [-0.15, -0.1) is 0 Å². The number of alkyl halides is 5. The molecule has 0 unspecified atom stereocenters. The molecule has 0 heterocycles. The van der Waals surface area contributed by atoms with Gasteiger partial charge in [0, 0.05) is 11.6 Å². The van der Waals surface area contributed by atoms with Crippen LogP contribution in [0.15, 0.2) is 42.5 Å². The second-order valence-electron chi connectivity index (χ2n) is 7.35. The van der Waals surface area contributed by atoms with Crippen molar-refractivity contribution in [3.63, 3.8) is 0 Å². The average molecular weight is 460 g/mol. The largest absolute Gasteiger partial charge is 0.429 e. The van der Waals surface area contributed by atoms with Gasteiger partial charge in [0.25, 0.3) is 0 Å². The summed E-state index contributed by atoms with van der Waals surface area (Å²) in [6.07, 6.45) is -9.37. The lowest BCUT2D eigenvalue weighted by molar-refractivity contribution is -0.188. The topological polar surface area (TPSA) is 9.23 Å². The van der Waals surface area contributed by atoms with Crippen molar-refractivity contribution in [2.45, 2.75) is 33.1 Å². The highest BCUT2D eigenvalue weighted by Gasteiger charge is 2.40. The van der Waals surface area contributed by atoms with Crippen LogP contribution in [0.4, 0.5) is 35.1 Å². The molecule has 32 heavy (non-hydrogen) atoms. The highest BCUT2D eigenvalue weighted by atomic mass is 19.4. The molecule has 3 aromatic carbocycles. The second-order valence-corrected chi connectivity index (χ2v) is 7.35. The Kier molecular flexibility index (Phi) is 5.97. The molecule has 0 aromatic heterocycles. The van der Waals surface area contributed by atoms with Crippen LogP contribution < -0.4 is 4.74 Å². The zero-order chi connectivity index (χ0) is 24.0. The monoisotopic (exact) mass is 460 g/mol. The molecule has 0 N–H and O–H groups in total. The van der Waals surface area contributed by atoms with Crippen molar-refractivity contribution in [3.8, 4) is 16.9 Å². The van der Waals surface area contributed by atoms with Crippen molar-refractivity contribution in [1.82, 2.24) is 0 Å². The van der Waals surface area contributed by atoms with Gasteiger partial charge in [-0.05, 0) is 67.3 Å². The maximum atomic E-state index is 14.7. The summed E-state index contributed by atoms with van der Waals surface area (Å²) >= 11 is 0. The van der Waals surface area contributed by atoms with Crippen LogP contribution in [0.25, 0.3) is 11.1 Å². The molecule has 0 saturated carbocycles. The van der Waals surface area contributed by atoms with Crippen LogP contribution in [0.3, 0.4) is 0 Å². The fraction of sp³-hybridized carbons (Fsp3) is 0.217. The van der Waals surface area contributed by atoms with E-state index in [0.717, 1.165) is 13.0 Å². The maximum Gasteiger partial charge on any atom is 0.429 e. The lowest BCUT2D eigenvalue weighted by atomic mass is 9.94. The fourth-order valence-corrected chi connectivity index (χ4v) is 3.53. The van der Waals surface area contributed by atoms with Gasteiger partial charge in [0.1, 0.15) is 28.8 Å². The normalized spacial score (nSPS) is 12.2. The summed E-state index contributed by atoms with van der Waals surface area (Å²) in [4.78, 5) is 0. The lowest BCUT2D eigenvalue weighted by Crippen LogP contribution is -2.25. The summed E-state index contributed by atoms with van der Waals surface area (Å²) in [7, 11) is 0. The third-order valence-corrected chi connectivity index (χ3v) is 4.79. The summed E-state index contributed by atoms with van der Waals surface area (Å²) in [6, 6.07) is 5.63. The van der Waals surface area contributed by atoms with E-state index in [1.54, 1.807) is 19.9 Å². The second kappa shape index (κ2) is 8.11. The van der Waals surface area contributed by atoms with Crippen LogP contribution >= 0.6 is 0 Å². The van der Waals surface area contributed by atoms with Gasteiger partial charge in [-0.2, -0.15) is 22.0 Å². The van der Waals surface area contributed by atoms with E-state index in [4.69, 9.17) is 0 Å². The van der Waals surface area contributed by atoms with E-state index in [1.165, 1.54) is 6.07 Å². The van der Waals surface area contributed by atoms with Crippen molar-refractivity contribution < 1.29 is 39.9 Å². The molecule has 0 aliphatic rings. The van der Waals surface area contributed by atoms with Gasteiger partial charge >= 0.3 is 12.3 Å². The van der Waals surface area contributed by atoms with Gasteiger partial charge in [-0.3, -0.25) is 0 Å². The molecule has 0 bridgehead atoms. The number of rotatable bonds is 4. The molecule has 1 nitrogen and oxygen atoms in total. The number of hydrogen-bond donors (Lipinski definition) is 0. The zero-order valence-electron chi connectivity index (χ0n) is 17.0. The van der Waals surface area contributed by atoms with E-state index in [2.05, 4.69) is 4.74 Å². The van der Waals surface area contributed by atoms with Gasteiger partial charge in [0.05, 0.1) is 5.56 Å². The number of aryl methyl sites for hydroxylation is 3. The number of benzene rings is 3. The van der Waals surface area contributed by atoms with E-state index < -0.39 is 46.6 Å². The van der Waals surface area contributed by atoms with Crippen LogP contribution in [0.2, 0.25) is 0 Å². The summed E-state index contributed by atoms with van der Waals surface area (Å²) in [5, 5.41) is 0. The van der Waals surface area contributed by atoms with Crippen molar-refractivity contribution in [2.24, 2.45) is 0 Å². The first kappa shape index (κ1) is 23.6. The van der Waals surface area contributed by atoms with Gasteiger partial charge in [0.15, 0.2) is 0 Å². The molecule has 0 radical (unpaired) electrons. The van der Waals surface area contributed by atoms with E-state index in [-0.39, 0.29) is 28.8 Å². The summed E-state index contributed by atoms with van der Waals surface area (Å²) < 4.78 is 114. The predicted octanol–water partition coefficient (Wildman–Crippen LogP) is 7.84. The van der Waals surface area contributed by atoms with Crippen LogP contribution in [0, 0.1) is 38.2 Å². The average Bonchev–Trinajstić information content (AvgIpc) is 2.58. The molecular weight excluding hydrogens is 444 g/mol. The van der Waals surface area contributed by atoms with E-state index >= 15 is 0 Å². The predicted molar refractivity (Wildman–Crippen MR) is 102 cm³/mol. The molecule has 3 aromatic rings. The standard InChI is InChI=1S/C23H16F8O/c1-11-6-12(2)20(18(25)7-11)14-8-13(3)21(19(26)9-14)23(30,31)32-15-4-5-16(17(24)10-15)22(27,28)29/h4-10H,1-3H3. The number of ether oxygens (including phenoxy) is 1. The first-order chi connectivity index (χ1) is 14.7. The minimum absolute atomic E-state index is 0.0233. The minimum atomic E-state index is -5.02. The van der Waals surface area contributed by atoms with E-state index in [1.807, 2.05) is 0 Å². The molecule has 9 heteroatoms. The molecular formula is C23H16F8O. The SMILES string of the molecule is Cc1cc(C)c(-c2cc(C)c(C(F)(F)Oc3ccc(C(F)(F)F)c(F)c3)c(F)c2)c(F)c1. The molecule has 0 fully saturated rings. The molecule has 0 saturated heterocycles. The number of hydrogen-bond acceptors (Lipinski definition) is 1. The van der Waals surface area contributed by atoms with Crippen LogP contribution in [-0.2, 0) is 12.3 Å². The Bertz CT molecular complexity index is 1140. The minimum Gasteiger partial charge on any atom is -0.429 e.